The second-order valence-corrected chi connectivity index (χ2v) is 4.38. The van der Waals surface area contributed by atoms with Gasteiger partial charge in [0.25, 0.3) is 0 Å². The van der Waals surface area contributed by atoms with Crippen LogP contribution >= 0.6 is 0 Å². The van der Waals surface area contributed by atoms with Crippen molar-refractivity contribution in [2.45, 2.75) is 19.9 Å². The molecule has 1 amide bonds. The third-order valence-electron chi connectivity index (χ3n) is 2.94. The van der Waals surface area contributed by atoms with Crippen molar-refractivity contribution in [3.05, 3.63) is 0 Å². The average Bonchev–Trinajstić information content (AvgIpc) is 2.44. The fourth-order valence-electron chi connectivity index (χ4n) is 1.98. The molecule has 1 atom stereocenters. The summed E-state index contributed by atoms with van der Waals surface area (Å²) in [5.74, 6) is -0.396. The topological polar surface area (TPSA) is 77.1 Å². The van der Waals surface area contributed by atoms with Crippen LogP contribution in [0, 0.1) is 0 Å². The first-order valence-corrected chi connectivity index (χ1v) is 7.01. The van der Waals surface area contributed by atoms with Crippen molar-refractivity contribution >= 4 is 11.9 Å². The van der Waals surface area contributed by atoms with Gasteiger partial charge in [-0.1, -0.05) is 0 Å². The van der Waals surface area contributed by atoms with Crippen molar-refractivity contribution in [3.8, 4) is 0 Å². The van der Waals surface area contributed by atoms with E-state index in [2.05, 4.69) is 5.32 Å². The maximum absolute atomic E-state index is 11.9. The van der Waals surface area contributed by atoms with Crippen LogP contribution in [0.25, 0.3) is 0 Å². The van der Waals surface area contributed by atoms with E-state index in [-0.39, 0.29) is 24.5 Å². The van der Waals surface area contributed by atoms with Crippen LogP contribution in [0.4, 0.5) is 0 Å². The molecule has 20 heavy (non-hydrogen) atoms. The van der Waals surface area contributed by atoms with Crippen LogP contribution in [0.15, 0.2) is 0 Å². The Kier molecular flexibility index (Phi) is 8.17. The summed E-state index contributed by atoms with van der Waals surface area (Å²) < 4.78 is 15.4. The minimum atomic E-state index is -0.366. The second kappa shape index (κ2) is 9.68. The molecule has 1 N–H and O–H groups in total. The molecule has 116 valence electrons. The third-order valence-corrected chi connectivity index (χ3v) is 2.94. The first kappa shape index (κ1) is 16.9. The number of carbonyl (C=O) groups excluding carboxylic acids is 2. The number of hydrogen-bond donors (Lipinski definition) is 1. The summed E-state index contributed by atoms with van der Waals surface area (Å²) >= 11 is 0. The monoisotopic (exact) mass is 288 g/mol. The van der Waals surface area contributed by atoms with E-state index >= 15 is 0 Å². The molecule has 1 unspecified atom stereocenters. The van der Waals surface area contributed by atoms with Crippen molar-refractivity contribution in [2.24, 2.45) is 0 Å². The summed E-state index contributed by atoms with van der Waals surface area (Å²) in [6.07, 6.45) is 0. The molecule has 1 rings (SSSR count). The van der Waals surface area contributed by atoms with Crippen LogP contribution in [-0.2, 0) is 23.8 Å². The molecule has 0 saturated carbocycles. The van der Waals surface area contributed by atoms with Crippen LogP contribution in [0.2, 0.25) is 0 Å². The van der Waals surface area contributed by atoms with E-state index in [0.29, 0.717) is 46.1 Å². The molecule has 0 bridgehead atoms. The molecule has 1 heterocycles. The van der Waals surface area contributed by atoms with Gasteiger partial charge in [-0.3, -0.25) is 9.69 Å². The zero-order chi connectivity index (χ0) is 14.8. The predicted octanol–water partition coefficient (Wildman–Crippen LogP) is -0.597. The van der Waals surface area contributed by atoms with Crippen molar-refractivity contribution < 1.29 is 23.8 Å². The minimum absolute atomic E-state index is 0.0300. The van der Waals surface area contributed by atoms with Gasteiger partial charge >= 0.3 is 5.97 Å². The molecular weight excluding hydrogens is 264 g/mol. The first-order valence-electron chi connectivity index (χ1n) is 7.01. The van der Waals surface area contributed by atoms with Gasteiger partial charge in [0.15, 0.2) is 0 Å². The number of esters is 1. The number of amides is 1. The maximum Gasteiger partial charge on any atom is 0.332 e. The number of nitrogens with zero attached hydrogens (tertiary/aromatic N) is 1. The average molecular weight is 288 g/mol. The second-order valence-electron chi connectivity index (χ2n) is 4.38. The SMILES string of the molecule is CCNC(=O)C1COCCN1CCOCC(=O)OCC. The molecule has 0 aromatic rings. The molecule has 0 aromatic heterocycles. The highest BCUT2D eigenvalue weighted by atomic mass is 16.6. The number of morpholine rings is 1. The highest BCUT2D eigenvalue weighted by Crippen LogP contribution is 2.06. The molecule has 1 aliphatic rings. The normalized spacial score (nSPS) is 19.6. The van der Waals surface area contributed by atoms with E-state index in [9.17, 15) is 9.59 Å². The quantitative estimate of drug-likeness (QED) is 0.475. The molecule has 0 aromatic carbocycles. The van der Waals surface area contributed by atoms with Crippen molar-refractivity contribution in [3.63, 3.8) is 0 Å². The van der Waals surface area contributed by atoms with Gasteiger partial charge in [0.1, 0.15) is 12.6 Å². The highest BCUT2D eigenvalue weighted by molar-refractivity contribution is 5.81. The number of ether oxygens (including phenoxy) is 3. The van der Waals surface area contributed by atoms with Crippen LogP contribution in [-0.4, -0.2) is 75.5 Å². The third kappa shape index (κ3) is 5.85. The summed E-state index contributed by atoms with van der Waals surface area (Å²) in [6, 6.07) is -0.283. The molecule has 1 saturated heterocycles. The summed E-state index contributed by atoms with van der Waals surface area (Å²) in [7, 11) is 0. The van der Waals surface area contributed by atoms with Gasteiger partial charge in [0.05, 0.1) is 26.4 Å². The summed E-state index contributed by atoms with van der Waals surface area (Å²) in [5.41, 5.74) is 0. The molecular formula is C13H24N2O5. The van der Waals surface area contributed by atoms with E-state index in [1.807, 2.05) is 11.8 Å². The van der Waals surface area contributed by atoms with Gasteiger partial charge in [0, 0.05) is 19.6 Å². The Bertz CT molecular complexity index is 311. The van der Waals surface area contributed by atoms with E-state index < -0.39 is 0 Å². The molecule has 7 heteroatoms. The summed E-state index contributed by atoms with van der Waals surface area (Å²) in [5, 5.41) is 2.80. The van der Waals surface area contributed by atoms with Crippen molar-refractivity contribution in [1.82, 2.24) is 10.2 Å². The fraction of sp³-hybridized carbons (Fsp3) is 0.846. The van der Waals surface area contributed by atoms with Gasteiger partial charge < -0.3 is 19.5 Å². The van der Waals surface area contributed by atoms with Crippen molar-refractivity contribution in [2.75, 3.05) is 52.7 Å². The molecule has 7 nitrogen and oxygen atoms in total. The lowest BCUT2D eigenvalue weighted by Gasteiger charge is -2.34. The zero-order valence-electron chi connectivity index (χ0n) is 12.2. The Morgan fingerprint density at radius 1 is 1.40 bits per heavy atom. The summed E-state index contributed by atoms with van der Waals surface area (Å²) in [4.78, 5) is 25.0. The lowest BCUT2D eigenvalue weighted by atomic mass is 10.2. The van der Waals surface area contributed by atoms with Gasteiger partial charge in [-0.2, -0.15) is 0 Å². The lowest BCUT2D eigenvalue weighted by molar-refractivity contribution is -0.149. The molecule has 0 spiro atoms. The van der Waals surface area contributed by atoms with Crippen LogP contribution in [0.3, 0.4) is 0 Å². The Labute approximate surface area is 119 Å². The van der Waals surface area contributed by atoms with Crippen molar-refractivity contribution in [1.29, 1.82) is 0 Å². The van der Waals surface area contributed by atoms with E-state index in [1.54, 1.807) is 6.92 Å². The number of hydrogen-bond acceptors (Lipinski definition) is 6. The first-order chi connectivity index (χ1) is 9.69. The minimum Gasteiger partial charge on any atom is -0.464 e. The van der Waals surface area contributed by atoms with E-state index in [0.717, 1.165) is 0 Å². The Morgan fingerprint density at radius 2 is 2.20 bits per heavy atom. The largest absolute Gasteiger partial charge is 0.464 e. The Balaban J connectivity index is 2.28. The molecule has 0 aliphatic carbocycles. The zero-order valence-corrected chi connectivity index (χ0v) is 12.2. The van der Waals surface area contributed by atoms with Crippen LogP contribution < -0.4 is 5.32 Å². The van der Waals surface area contributed by atoms with Gasteiger partial charge in [-0.05, 0) is 13.8 Å². The molecule has 0 radical (unpaired) electrons. The van der Waals surface area contributed by atoms with Gasteiger partial charge in [-0.15, -0.1) is 0 Å². The number of nitrogens with one attached hydrogen (secondary N) is 1. The van der Waals surface area contributed by atoms with Crippen LogP contribution in [0.5, 0.6) is 0 Å². The predicted molar refractivity (Wildman–Crippen MR) is 72.3 cm³/mol. The molecule has 1 aliphatic heterocycles. The highest BCUT2D eigenvalue weighted by Gasteiger charge is 2.28. The number of carbonyl (C=O) groups is 2. The van der Waals surface area contributed by atoms with E-state index in [1.165, 1.54) is 0 Å². The standard InChI is InChI=1S/C13H24N2O5/c1-3-14-13(17)11-9-18-7-5-15(11)6-8-19-10-12(16)20-4-2/h11H,3-10H2,1-2H3,(H,14,17). The molecule has 1 fully saturated rings. The fourth-order valence-corrected chi connectivity index (χ4v) is 1.98. The van der Waals surface area contributed by atoms with Gasteiger partial charge in [-0.25, -0.2) is 4.79 Å². The summed E-state index contributed by atoms with van der Waals surface area (Å²) in [6.45, 7) is 7.19. The maximum atomic E-state index is 11.9. The Hall–Kier alpha value is -1.18. The lowest BCUT2D eigenvalue weighted by Crippen LogP contribution is -2.54. The number of likely N-dealkylation sites (N-methyl/N-ethyl adjacent to an activating group) is 1. The Morgan fingerprint density at radius 3 is 2.90 bits per heavy atom. The smallest absolute Gasteiger partial charge is 0.332 e. The van der Waals surface area contributed by atoms with Crippen LogP contribution in [0.1, 0.15) is 13.8 Å². The van der Waals surface area contributed by atoms with Gasteiger partial charge in [0.2, 0.25) is 5.91 Å². The number of rotatable bonds is 8. The van der Waals surface area contributed by atoms with E-state index in [4.69, 9.17) is 14.2 Å².